The van der Waals surface area contributed by atoms with Crippen LogP contribution in [0.25, 0.3) is 0 Å². The second kappa shape index (κ2) is 8.16. The summed E-state index contributed by atoms with van der Waals surface area (Å²) < 4.78 is 2.15. The minimum Gasteiger partial charge on any atom is -0.324 e. The number of carbonyl (C=O) groups excluding carboxylic acids is 2. The zero-order chi connectivity index (χ0) is 20.4. The van der Waals surface area contributed by atoms with Gasteiger partial charge in [-0.15, -0.1) is 0 Å². The molecule has 7 nitrogen and oxygen atoms in total. The van der Waals surface area contributed by atoms with E-state index >= 15 is 0 Å². The zero-order valence-corrected chi connectivity index (χ0v) is 17.5. The predicted molar refractivity (Wildman–Crippen MR) is 113 cm³/mol. The first-order chi connectivity index (χ1) is 14.0. The van der Waals surface area contributed by atoms with E-state index < -0.39 is 12.1 Å². The predicted octanol–water partition coefficient (Wildman–Crippen LogP) is 3.17. The molecule has 0 bridgehead atoms. The molecule has 8 heteroatoms. The largest absolute Gasteiger partial charge is 0.342 e. The van der Waals surface area contributed by atoms with Crippen molar-refractivity contribution >= 4 is 33.6 Å². The number of aromatic nitrogens is 3. The molecular weight excluding hydrogens is 434 g/mol. The molecule has 1 aliphatic rings. The van der Waals surface area contributed by atoms with Crippen LogP contribution in [0.1, 0.15) is 23.2 Å². The van der Waals surface area contributed by atoms with Crippen molar-refractivity contribution in [2.75, 3.05) is 11.9 Å². The number of hydrogen-bond acceptors (Lipinski definition) is 4. The van der Waals surface area contributed by atoms with Crippen LogP contribution in [0.15, 0.2) is 59.5 Å². The molecule has 29 heavy (non-hydrogen) atoms. The van der Waals surface area contributed by atoms with E-state index in [1.807, 2.05) is 36.4 Å². The molecule has 1 aromatic carbocycles. The maximum atomic E-state index is 12.9. The van der Waals surface area contributed by atoms with Crippen molar-refractivity contribution in [2.24, 2.45) is 0 Å². The highest BCUT2D eigenvalue weighted by molar-refractivity contribution is 9.10. The molecule has 0 saturated carbocycles. The van der Waals surface area contributed by atoms with Gasteiger partial charge in [-0.2, -0.15) is 9.78 Å². The van der Waals surface area contributed by atoms with Gasteiger partial charge in [-0.1, -0.05) is 28.1 Å². The third-order valence-corrected chi connectivity index (χ3v) is 5.49. The van der Waals surface area contributed by atoms with Gasteiger partial charge in [0.15, 0.2) is 0 Å². The minimum atomic E-state index is -0.609. The average Bonchev–Trinajstić information content (AvgIpc) is 3.16. The number of halogens is 1. The van der Waals surface area contributed by atoms with Crippen LogP contribution in [-0.2, 0) is 17.6 Å². The minimum absolute atomic E-state index is 0.143. The molecule has 2 amide bonds. The number of carbonyl (C=O) groups is 2. The Balaban J connectivity index is 1.45. The molecular formula is C21H20BrN5O2. The molecule has 2 aromatic heterocycles. The van der Waals surface area contributed by atoms with Gasteiger partial charge < -0.3 is 10.2 Å². The summed E-state index contributed by atoms with van der Waals surface area (Å²) in [7, 11) is 1.73. The number of likely N-dealkylation sites (N-methyl/N-ethyl adjacent to an activating group) is 1. The molecule has 1 N–H and O–H groups in total. The molecule has 0 fully saturated rings. The molecule has 1 atom stereocenters. The monoisotopic (exact) mass is 453 g/mol. The first-order valence-corrected chi connectivity index (χ1v) is 10.1. The molecule has 3 aromatic rings. The normalized spacial score (nSPS) is 16.3. The van der Waals surface area contributed by atoms with Gasteiger partial charge in [-0.05, 0) is 48.2 Å². The van der Waals surface area contributed by atoms with Crippen molar-refractivity contribution in [3.63, 3.8) is 0 Å². The van der Waals surface area contributed by atoms with Gasteiger partial charge in [0.05, 0.1) is 6.20 Å². The van der Waals surface area contributed by atoms with Crippen molar-refractivity contribution in [3.05, 3.63) is 76.3 Å². The van der Waals surface area contributed by atoms with Crippen LogP contribution in [0.4, 0.5) is 10.5 Å². The number of aryl methyl sites for hydroxylation is 1. The maximum absolute atomic E-state index is 12.9. The van der Waals surface area contributed by atoms with Gasteiger partial charge in [0.2, 0.25) is 5.91 Å². The number of amides is 2. The third-order valence-electron chi connectivity index (χ3n) is 4.99. The highest BCUT2D eigenvalue weighted by Crippen LogP contribution is 2.29. The molecule has 148 valence electrons. The van der Waals surface area contributed by atoms with Crippen molar-refractivity contribution < 1.29 is 9.59 Å². The van der Waals surface area contributed by atoms with Crippen LogP contribution >= 0.6 is 15.9 Å². The fourth-order valence-electron chi connectivity index (χ4n) is 3.46. The van der Waals surface area contributed by atoms with Crippen molar-refractivity contribution in [3.8, 4) is 0 Å². The number of hydrogen-bond donors (Lipinski definition) is 1. The van der Waals surface area contributed by atoms with Gasteiger partial charge in [-0.25, -0.2) is 4.79 Å². The third kappa shape index (κ3) is 4.22. The van der Waals surface area contributed by atoms with Crippen LogP contribution < -0.4 is 10.2 Å². The summed E-state index contributed by atoms with van der Waals surface area (Å²) in [6, 6.07) is 10.6. The Morgan fingerprint density at radius 3 is 2.97 bits per heavy atom. The summed E-state index contributed by atoms with van der Waals surface area (Å²) in [5.74, 6) is -0.143. The zero-order valence-electron chi connectivity index (χ0n) is 15.9. The number of pyridine rings is 1. The quantitative estimate of drug-likeness (QED) is 0.660. The number of rotatable bonds is 3. The summed E-state index contributed by atoms with van der Waals surface area (Å²) >= 11 is 3.45. The summed E-state index contributed by atoms with van der Waals surface area (Å²) in [6.45, 7) is 0. The Hall–Kier alpha value is -3.00. The first kappa shape index (κ1) is 19.3. The number of nitrogens with zero attached hydrogens (tertiary/aromatic N) is 4. The molecule has 0 spiro atoms. The van der Waals surface area contributed by atoms with Crippen molar-refractivity contribution in [1.29, 1.82) is 0 Å². The van der Waals surface area contributed by atoms with Gasteiger partial charge in [0.1, 0.15) is 6.04 Å². The molecule has 1 aliphatic heterocycles. The Morgan fingerprint density at radius 1 is 1.31 bits per heavy atom. The van der Waals surface area contributed by atoms with E-state index in [9.17, 15) is 9.59 Å². The molecule has 4 rings (SSSR count). The van der Waals surface area contributed by atoms with E-state index in [0.29, 0.717) is 19.3 Å². The smallest absolute Gasteiger partial charge is 0.324 e. The lowest BCUT2D eigenvalue weighted by molar-refractivity contribution is -0.120. The second-order valence-corrected chi connectivity index (χ2v) is 7.92. The maximum Gasteiger partial charge on any atom is 0.342 e. The second-order valence-electron chi connectivity index (χ2n) is 7.00. The fourth-order valence-corrected chi connectivity index (χ4v) is 3.81. The van der Waals surface area contributed by atoms with Gasteiger partial charge >= 0.3 is 6.03 Å². The molecule has 0 saturated heterocycles. The summed E-state index contributed by atoms with van der Waals surface area (Å²) in [5.41, 5.74) is 3.72. The number of benzene rings is 1. The highest BCUT2D eigenvalue weighted by atomic mass is 79.9. The Bertz CT molecular complexity index is 1050. The van der Waals surface area contributed by atoms with Crippen molar-refractivity contribution in [1.82, 2.24) is 20.1 Å². The van der Waals surface area contributed by atoms with Gasteiger partial charge in [0, 0.05) is 41.7 Å². The summed E-state index contributed by atoms with van der Waals surface area (Å²) in [5, 5.41) is 6.97. The molecule has 0 radical (unpaired) electrons. The Labute approximate surface area is 176 Å². The van der Waals surface area contributed by atoms with Crippen LogP contribution in [0.5, 0.6) is 0 Å². The van der Waals surface area contributed by atoms with Gasteiger partial charge in [-0.3, -0.25) is 9.78 Å². The first-order valence-electron chi connectivity index (χ1n) is 9.31. The Morgan fingerprint density at radius 2 is 2.17 bits per heavy atom. The lowest BCUT2D eigenvalue weighted by atomic mass is 10.1. The van der Waals surface area contributed by atoms with Crippen LogP contribution in [0.3, 0.4) is 0 Å². The van der Waals surface area contributed by atoms with E-state index in [-0.39, 0.29) is 5.91 Å². The standard InChI is InChI=1S/C21H20BrN5O2/c1-26-19-11-16(22)7-5-15(19)6-8-18(20(26)28)25-21(29)27-13-14(12-24-27)10-17-4-2-3-9-23-17/h2-5,7,9,11-13,18H,6,8,10H2,1H3,(H,25,29)/t18-/m0/s1. The van der Waals surface area contributed by atoms with E-state index in [0.717, 1.165) is 27.0 Å². The molecule has 3 heterocycles. The number of anilines is 1. The average molecular weight is 454 g/mol. The van der Waals surface area contributed by atoms with E-state index in [1.54, 1.807) is 30.5 Å². The lowest BCUT2D eigenvalue weighted by Gasteiger charge is -2.22. The van der Waals surface area contributed by atoms with E-state index in [4.69, 9.17) is 0 Å². The molecule has 0 aliphatic carbocycles. The Kier molecular flexibility index (Phi) is 5.44. The van der Waals surface area contributed by atoms with Crippen LogP contribution in [0, 0.1) is 0 Å². The van der Waals surface area contributed by atoms with Crippen molar-refractivity contribution in [2.45, 2.75) is 25.3 Å². The number of fused-ring (bicyclic) bond motifs is 1. The fraction of sp³-hybridized carbons (Fsp3) is 0.238. The van der Waals surface area contributed by atoms with E-state index in [1.165, 1.54) is 4.68 Å². The summed E-state index contributed by atoms with van der Waals surface area (Å²) in [4.78, 5) is 31.4. The highest BCUT2D eigenvalue weighted by Gasteiger charge is 2.29. The van der Waals surface area contributed by atoms with Gasteiger partial charge in [0.25, 0.3) is 0 Å². The SMILES string of the molecule is CN1C(=O)[C@@H](NC(=O)n2cc(Cc3ccccn3)cn2)CCc2ccc(Br)cc21. The topological polar surface area (TPSA) is 80.1 Å². The summed E-state index contributed by atoms with van der Waals surface area (Å²) in [6.07, 6.45) is 6.86. The van der Waals surface area contributed by atoms with E-state index in [2.05, 4.69) is 31.3 Å². The molecule has 0 unspecified atom stereocenters. The lowest BCUT2D eigenvalue weighted by Crippen LogP contribution is -2.48. The van der Waals surface area contributed by atoms with Crippen LogP contribution in [0.2, 0.25) is 0 Å². The number of nitrogens with one attached hydrogen (secondary N) is 1. The van der Waals surface area contributed by atoms with Crippen LogP contribution in [-0.4, -0.2) is 39.8 Å².